The van der Waals surface area contributed by atoms with Gasteiger partial charge in [-0.2, -0.15) is 0 Å². The second-order valence-electron chi connectivity index (χ2n) is 10.5. The van der Waals surface area contributed by atoms with E-state index in [9.17, 15) is 4.79 Å². The molecule has 3 atom stereocenters. The van der Waals surface area contributed by atoms with Crippen molar-refractivity contribution in [2.45, 2.75) is 94.3 Å². The Bertz CT molecular complexity index is 961. The maximum Gasteiger partial charge on any atom is 0.155 e. The third-order valence-electron chi connectivity index (χ3n) is 7.55. The summed E-state index contributed by atoms with van der Waals surface area (Å²) in [5, 5.41) is 2.11. The molecule has 3 nitrogen and oxygen atoms in total. The van der Waals surface area contributed by atoms with Gasteiger partial charge in [-0.3, -0.25) is 9.63 Å². The van der Waals surface area contributed by atoms with Crippen molar-refractivity contribution in [1.82, 2.24) is 0 Å². The highest BCUT2D eigenvalue weighted by Gasteiger charge is 2.42. The number of hydrogen-bond acceptors (Lipinski definition) is 5. The van der Waals surface area contributed by atoms with Gasteiger partial charge >= 0.3 is 0 Å². The van der Waals surface area contributed by atoms with Crippen LogP contribution in [0.15, 0.2) is 72.8 Å². The van der Waals surface area contributed by atoms with Crippen LogP contribution in [0.4, 0.5) is 5.69 Å². The van der Waals surface area contributed by atoms with E-state index < -0.39 is 0 Å². The lowest BCUT2D eigenvalue weighted by Gasteiger charge is -2.26. The van der Waals surface area contributed by atoms with E-state index in [-0.39, 0.29) is 23.8 Å². The second kappa shape index (κ2) is 16.4. The molecule has 2 aliphatic rings. The van der Waals surface area contributed by atoms with Crippen molar-refractivity contribution >= 4 is 35.0 Å². The van der Waals surface area contributed by atoms with Crippen LogP contribution in [0.25, 0.3) is 0 Å². The minimum absolute atomic E-state index is 0.0450. The third-order valence-corrected chi connectivity index (χ3v) is 10.6. The molecule has 206 valence electrons. The number of thioether (sulfide) groups is 2. The average molecular weight is 552 g/mol. The molecule has 0 aliphatic carbocycles. The number of ketones is 1. The van der Waals surface area contributed by atoms with E-state index in [4.69, 9.17) is 4.84 Å². The van der Waals surface area contributed by atoms with Gasteiger partial charge in [-0.05, 0) is 61.0 Å². The Labute approximate surface area is 239 Å². The molecule has 0 saturated carbocycles. The number of para-hydroxylation sites is 1. The van der Waals surface area contributed by atoms with E-state index in [1.54, 1.807) is 0 Å². The van der Waals surface area contributed by atoms with Crippen LogP contribution >= 0.6 is 23.5 Å². The maximum absolute atomic E-state index is 12.7. The molecule has 5 heteroatoms. The minimum atomic E-state index is 0.0450. The normalized spacial score (nSPS) is 22.3. The fourth-order valence-corrected chi connectivity index (χ4v) is 8.44. The number of carbonyl (C=O) groups is 1. The summed E-state index contributed by atoms with van der Waals surface area (Å²) in [4.78, 5) is 19.4. The summed E-state index contributed by atoms with van der Waals surface area (Å²) in [5.74, 6) is 3.05. The fourth-order valence-electron chi connectivity index (χ4n) is 5.48. The van der Waals surface area contributed by atoms with Crippen LogP contribution in [0.1, 0.15) is 89.2 Å². The number of allylic oxidation sites excluding steroid dienone is 1. The van der Waals surface area contributed by atoms with Crippen LogP contribution in [0.5, 0.6) is 0 Å². The average Bonchev–Trinajstić information content (AvgIpc) is 3.33. The molecule has 2 heterocycles. The smallest absolute Gasteiger partial charge is 0.155 e. The van der Waals surface area contributed by atoms with Crippen LogP contribution in [-0.2, 0) is 9.63 Å². The Hall–Kier alpha value is -1.69. The first-order valence-corrected chi connectivity index (χ1v) is 16.9. The molecule has 2 aromatic carbocycles. The van der Waals surface area contributed by atoms with Crippen LogP contribution in [-0.4, -0.2) is 28.0 Å². The van der Waals surface area contributed by atoms with Crippen LogP contribution in [0.3, 0.4) is 0 Å². The standard InChI is InChI=1S/C33H45NO2S2/c1-2-3-8-20-29(35)23-24-30-31(21-13-4-5-14-22-32-37-25-15-26-38-32)36-34(28-18-11-7-12-19-28)33(30)27-16-9-6-10-17-27/h6-7,9-12,16-19,23-24,30-33H,2-5,8,13-15,20-22,25-26H2,1H3/b24-23+/t30-,31-,33-/m1/s1. The van der Waals surface area contributed by atoms with E-state index in [1.807, 2.05) is 12.1 Å². The highest BCUT2D eigenvalue weighted by Crippen LogP contribution is 2.44. The predicted octanol–water partition coefficient (Wildman–Crippen LogP) is 9.41. The van der Waals surface area contributed by atoms with Gasteiger partial charge in [-0.25, -0.2) is 5.06 Å². The summed E-state index contributed by atoms with van der Waals surface area (Å²) in [7, 11) is 0. The van der Waals surface area contributed by atoms with Crippen molar-refractivity contribution in [3.05, 3.63) is 78.4 Å². The molecule has 38 heavy (non-hydrogen) atoms. The number of rotatable bonds is 15. The molecule has 2 saturated heterocycles. The van der Waals surface area contributed by atoms with Gasteiger partial charge in [0.25, 0.3) is 0 Å². The summed E-state index contributed by atoms with van der Waals surface area (Å²) in [6, 6.07) is 21.1. The Morgan fingerprint density at radius 2 is 1.58 bits per heavy atom. The third kappa shape index (κ3) is 8.93. The number of hydrogen-bond donors (Lipinski definition) is 0. The monoisotopic (exact) mass is 551 g/mol. The summed E-state index contributed by atoms with van der Waals surface area (Å²) >= 11 is 4.32. The van der Waals surface area contributed by atoms with Crippen LogP contribution in [0, 0.1) is 5.92 Å². The predicted molar refractivity (Wildman–Crippen MR) is 166 cm³/mol. The molecular weight excluding hydrogens is 507 g/mol. The lowest BCUT2D eigenvalue weighted by Crippen LogP contribution is -2.23. The van der Waals surface area contributed by atoms with Gasteiger partial charge in [-0.15, -0.1) is 23.5 Å². The molecule has 0 aromatic heterocycles. The SMILES string of the molecule is CCCCCC(=O)/C=C/[C@H]1[C@@H](c2ccccc2)N(c2ccccc2)O[C@@H]1CCCCCCC1SCCCS1. The quantitative estimate of drug-likeness (QED) is 0.162. The molecular formula is C33H45NO2S2. The highest BCUT2D eigenvalue weighted by molar-refractivity contribution is 8.17. The molecule has 4 rings (SSSR count). The summed E-state index contributed by atoms with van der Waals surface area (Å²) in [6.07, 6.45) is 16.7. The zero-order chi connectivity index (χ0) is 26.4. The first kappa shape index (κ1) is 29.3. The summed E-state index contributed by atoms with van der Waals surface area (Å²) < 4.78 is 0.817. The van der Waals surface area contributed by atoms with Gasteiger partial charge in [0.2, 0.25) is 0 Å². The van der Waals surface area contributed by atoms with Gasteiger partial charge in [0.05, 0.1) is 22.4 Å². The van der Waals surface area contributed by atoms with E-state index in [1.165, 1.54) is 49.2 Å². The lowest BCUT2D eigenvalue weighted by atomic mass is 9.86. The Balaban J connectivity index is 1.43. The van der Waals surface area contributed by atoms with Gasteiger partial charge in [0.15, 0.2) is 5.78 Å². The lowest BCUT2D eigenvalue weighted by molar-refractivity contribution is -0.114. The van der Waals surface area contributed by atoms with E-state index in [2.05, 4.69) is 96.2 Å². The van der Waals surface area contributed by atoms with E-state index in [0.29, 0.717) is 6.42 Å². The van der Waals surface area contributed by atoms with Crippen molar-refractivity contribution in [1.29, 1.82) is 0 Å². The van der Waals surface area contributed by atoms with Gasteiger partial charge in [-0.1, -0.05) is 100 Å². The first-order valence-electron chi connectivity index (χ1n) is 14.8. The minimum Gasteiger partial charge on any atom is -0.295 e. The Morgan fingerprint density at radius 3 is 2.29 bits per heavy atom. The number of anilines is 1. The number of hydroxylamine groups is 1. The van der Waals surface area contributed by atoms with Crippen LogP contribution in [0.2, 0.25) is 0 Å². The van der Waals surface area contributed by atoms with Crippen molar-refractivity contribution in [3.63, 3.8) is 0 Å². The highest BCUT2D eigenvalue weighted by atomic mass is 32.2. The molecule has 0 spiro atoms. The Kier molecular flexibility index (Phi) is 12.7. The van der Waals surface area contributed by atoms with Crippen molar-refractivity contribution in [2.75, 3.05) is 16.6 Å². The van der Waals surface area contributed by atoms with Crippen LogP contribution < -0.4 is 5.06 Å². The van der Waals surface area contributed by atoms with Crippen molar-refractivity contribution < 1.29 is 9.63 Å². The number of carbonyl (C=O) groups excluding carboxylic acids is 1. The topological polar surface area (TPSA) is 29.5 Å². The molecule has 0 bridgehead atoms. The van der Waals surface area contributed by atoms with Crippen molar-refractivity contribution in [3.8, 4) is 0 Å². The first-order chi connectivity index (χ1) is 18.8. The maximum atomic E-state index is 12.7. The number of nitrogens with zero attached hydrogens (tertiary/aromatic N) is 1. The molecule has 0 unspecified atom stereocenters. The molecule has 0 amide bonds. The zero-order valence-electron chi connectivity index (χ0n) is 23.0. The zero-order valence-corrected chi connectivity index (χ0v) is 24.6. The van der Waals surface area contributed by atoms with E-state index >= 15 is 0 Å². The number of benzene rings is 2. The largest absolute Gasteiger partial charge is 0.295 e. The molecule has 0 radical (unpaired) electrons. The summed E-state index contributed by atoms with van der Waals surface area (Å²) in [6.45, 7) is 2.18. The van der Waals surface area contributed by atoms with Crippen molar-refractivity contribution in [2.24, 2.45) is 5.92 Å². The molecule has 2 aliphatic heterocycles. The van der Waals surface area contributed by atoms with Gasteiger partial charge in [0, 0.05) is 12.3 Å². The Morgan fingerprint density at radius 1 is 0.895 bits per heavy atom. The number of unbranched alkanes of at least 4 members (excludes halogenated alkanes) is 5. The second-order valence-corrected chi connectivity index (χ2v) is 13.5. The van der Waals surface area contributed by atoms with E-state index in [0.717, 1.165) is 42.4 Å². The fraction of sp³-hybridized carbons (Fsp3) is 0.545. The summed E-state index contributed by atoms with van der Waals surface area (Å²) in [5.41, 5.74) is 2.30. The molecule has 0 N–H and O–H groups in total. The molecule has 2 fully saturated rings. The van der Waals surface area contributed by atoms with Gasteiger partial charge in [0.1, 0.15) is 0 Å². The molecule has 2 aromatic rings. The van der Waals surface area contributed by atoms with Gasteiger partial charge < -0.3 is 0 Å².